The molecule has 0 aromatic heterocycles. The molecule has 0 saturated carbocycles. The summed E-state index contributed by atoms with van der Waals surface area (Å²) >= 11 is 0. The average Bonchev–Trinajstić information content (AvgIpc) is 2.34. The number of hydrogen-bond donors (Lipinski definition) is 3. The van der Waals surface area contributed by atoms with Gasteiger partial charge in [-0.05, 0) is 18.4 Å². The van der Waals surface area contributed by atoms with Crippen molar-refractivity contribution in [2.24, 2.45) is 5.92 Å². The maximum atomic E-state index is 11.1. The molecule has 0 saturated heterocycles. The number of nitro groups is 1. The van der Waals surface area contributed by atoms with Gasteiger partial charge in [0.25, 0.3) is 5.69 Å². The smallest absolute Gasteiger partial charge is 0.337 e. The van der Waals surface area contributed by atoms with Crippen LogP contribution in [0.4, 0.5) is 11.4 Å². The normalized spacial score (nSPS) is 12.2. The molecule has 0 spiro atoms. The lowest BCUT2D eigenvalue weighted by atomic mass is 10.1. The molecule has 1 unspecified atom stereocenters. The fraction of sp³-hybridized carbons (Fsp3) is 0.462. The maximum Gasteiger partial charge on any atom is 0.337 e. The molecule has 0 aliphatic heterocycles. The van der Waals surface area contributed by atoms with Gasteiger partial charge in [-0.25, -0.2) is 4.79 Å². The van der Waals surface area contributed by atoms with Gasteiger partial charge in [0.15, 0.2) is 0 Å². The fourth-order valence-electron chi connectivity index (χ4n) is 1.83. The number of aliphatic hydroxyl groups is 1. The minimum absolute atomic E-state index is 0.0626. The van der Waals surface area contributed by atoms with Crippen molar-refractivity contribution in [3.63, 3.8) is 0 Å². The van der Waals surface area contributed by atoms with Crippen LogP contribution in [-0.2, 0) is 0 Å². The minimum Gasteiger partial charge on any atom is -0.478 e. The largest absolute Gasteiger partial charge is 0.478 e. The van der Waals surface area contributed by atoms with Crippen molar-refractivity contribution in [1.29, 1.82) is 0 Å². The first kappa shape index (κ1) is 15.9. The van der Waals surface area contributed by atoms with Gasteiger partial charge in [-0.2, -0.15) is 0 Å². The van der Waals surface area contributed by atoms with Crippen molar-refractivity contribution >= 4 is 17.3 Å². The Morgan fingerprint density at radius 2 is 2.10 bits per heavy atom. The lowest BCUT2D eigenvalue weighted by Gasteiger charge is -2.15. The summed E-state index contributed by atoms with van der Waals surface area (Å²) in [5.41, 5.74) is -0.127. The van der Waals surface area contributed by atoms with Gasteiger partial charge in [0, 0.05) is 18.7 Å². The Labute approximate surface area is 116 Å². The van der Waals surface area contributed by atoms with Crippen molar-refractivity contribution in [3.05, 3.63) is 33.9 Å². The summed E-state index contributed by atoms with van der Waals surface area (Å²) in [5.74, 6) is -0.878. The van der Waals surface area contributed by atoms with Gasteiger partial charge in [-0.15, -0.1) is 0 Å². The zero-order valence-electron chi connectivity index (χ0n) is 11.4. The summed E-state index contributed by atoms with van der Waals surface area (Å²) in [6, 6.07) is 3.47. The van der Waals surface area contributed by atoms with Crippen LogP contribution in [0.25, 0.3) is 0 Å². The lowest BCUT2D eigenvalue weighted by Crippen LogP contribution is -2.22. The van der Waals surface area contributed by atoms with Crippen LogP contribution < -0.4 is 5.32 Å². The predicted molar refractivity (Wildman–Crippen MR) is 74.0 cm³/mol. The molecule has 7 nitrogen and oxygen atoms in total. The van der Waals surface area contributed by atoms with Gasteiger partial charge < -0.3 is 15.5 Å². The van der Waals surface area contributed by atoms with E-state index in [1.807, 2.05) is 13.8 Å². The van der Waals surface area contributed by atoms with E-state index in [9.17, 15) is 20.0 Å². The molecule has 0 aliphatic rings. The topological polar surface area (TPSA) is 113 Å². The highest BCUT2D eigenvalue weighted by atomic mass is 16.6. The molecular weight excluding hydrogens is 264 g/mol. The zero-order chi connectivity index (χ0) is 15.3. The molecule has 3 N–H and O–H groups in total. The van der Waals surface area contributed by atoms with E-state index in [0.717, 1.165) is 12.1 Å². The van der Waals surface area contributed by atoms with Crippen molar-refractivity contribution < 1.29 is 19.9 Å². The molecule has 0 amide bonds. The van der Waals surface area contributed by atoms with Crippen LogP contribution in [0.15, 0.2) is 18.2 Å². The van der Waals surface area contributed by atoms with Crippen molar-refractivity contribution in [1.82, 2.24) is 0 Å². The van der Waals surface area contributed by atoms with E-state index < -0.39 is 17.0 Å². The van der Waals surface area contributed by atoms with Gasteiger partial charge in [-0.1, -0.05) is 13.8 Å². The lowest BCUT2D eigenvalue weighted by molar-refractivity contribution is -0.384. The Hall–Kier alpha value is -2.15. The molecule has 1 aromatic rings. The number of nitro benzene ring substituents is 1. The summed E-state index contributed by atoms with van der Waals surface area (Å²) in [7, 11) is 0. The van der Waals surface area contributed by atoms with E-state index >= 15 is 0 Å². The summed E-state index contributed by atoms with van der Waals surface area (Å²) in [4.78, 5) is 21.2. The quantitative estimate of drug-likeness (QED) is 0.521. The van der Waals surface area contributed by atoms with Crippen molar-refractivity contribution in [3.8, 4) is 0 Å². The highest BCUT2D eigenvalue weighted by Gasteiger charge is 2.16. The summed E-state index contributed by atoms with van der Waals surface area (Å²) in [5, 5.41) is 32.2. The first-order valence-corrected chi connectivity index (χ1v) is 6.25. The second-order valence-electron chi connectivity index (χ2n) is 4.96. The Morgan fingerprint density at radius 3 is 2.60 bits per heavy atom. The van der Waals surface area contributed by atoms with Gasteiger partial charge >= 0.3 is 5.97 Å². The third kappa shape index (κ3) is 4.51. The molecular formula is C13H18N2O5. The minimum atomic E-state index is -1.18. The van der Waals surface area contributed by atoms with Crippen molar-refractivity contribution in [2.45, 2.75) is 26.4 Å². The number of hydrogen-bond acceptors (Lipinski definition) is 5. The number of non-ortho nitro benzene ring substituents is 1. The Balaban J connectivity index is 2.88. The fourth-order valence-corrected chi connectivity index (χ4v) is 1.83. The number of carboxylic acid groups (broad SMARTS) is 1. The standard InChI is InChI=1S/C13H18N2O5/c1-8(2)5-10(16)7-14-12-6-9(15(19)20)3-4-11(12)13(17)18/h3-4,6,8,10,14,16H,5,7H2,1-2H3,(H,17,18). The monoisotopic (exact) mass is 282 g/mol. The second-order valence-corrected chi connectivity index (χ2v) is 4.96. The molecule has 20 heavy (non-hydrogen) atoms. The zero-order valence-corrected chi connectivity index (χ0v) is 11.4. The van der Waals surface area contributed by atoms with Crippen LogP contribution in [0.1, 0.15) is 30.6 Å². The maximum absolute atomic E-state index is 11.1. The number of rotatable bonds is 7. The van der Waals surface area contributed by atoms with Crippen LogP contribution >= 0.6 is 0 Å². The first-order chi connectivity index (χ1) is 9.31. The van der Waals surface area contributed by atoms with E-state index in [4.69, 9.17) is 5.11 Å². The number of benzene rings is 1. The van der Waals surface area contributed by atoms with Crippen LogP contribution in [0.3, 0.4) is 0 Å². The molecule has 0 fully saturated rings. The molecule has 1 atom stereocenters. The van der Waals surface area contributed by atoms with Gasteiger partial charge in [0.05, 0.1) is 22.3 Å². The van der Waals surface area contributed by atoms with Gasteiger partial charge in [0.2, 0.25) is 0 Å². The molecule has 7 heteroatoms. The van der Waals surface area contributed by atoms with Crippen LogP contribution in [0.2, 0.25) is 0 Å². The predicted octanol–water partition coefficient (Wildman–Crippen LogP) is 2.11. The molecule has 0 bridgehead atoms. The highest BCUT2D eigenvalue weighted by molar-refractivity contribution is 5.94. The van der Waals surface area contributed by atoms with Gasteiger partial charge in [-0.3, -0.25) is 10.1 Å². The number of nitrogens with zero attached hydrogens (tertiary/aromatic N) is 1. The number of aromatic carboxylic acids is 1. The van der Waals surface area contributed by atoms with E-state index in [1.165, 1.54) is 6.07 Å². The van der Waals surface area contributed by atoms with E-state index in [1.54, 1.807) is 0 Å². The van der Waals surface area contributed by atoms with Crippen LogP contribution in [0.5, 0.6) is 0 Å². The Morgan fingerprint density at radius 1 is 1.45 bits per heavy atom. The number of anilines is 1. The van der Waals surface area contributed by atoms with Crippen LogP contribution in [0, 0.1) is 16.0 Å². The third-order valence-corrected chi connectivity index (χ3v) is 2.72. The third-order valence-electron chi connectivity index (χ3n) is 2.72. The molecule has 0 aliphatic carbocycles. The SMILES string of the molecule is CC(C)CC(O)CNc1cc([N+](=O)[O-])ccc1C(=O)O. The molecule has 1 rings (SSSR count). The summed E-state index contributed by atoms with van der Waals surface area (Å²) in [6.45, 7) is 4.05. The van der Waals surface area contributed by atoms with Crippen LogP contribution in [-0.4, -0.2) is 33.8 Å². The first-order valence-electron chi connectivity index (χ1n) is 6.25. The molecule has 0 heterocycles. The number of carbonyl (C=O) groups is 1. The van der Waals surface area contributed by atoms with Crippen molar-refractivity contribution in [2.75, 3.05) is 11.9 Å². The number of aliphatic hydroxyl groups excluding tert-OH is 1. The molecule has 110 valence electrons. The highest BCUT2D eigenvalue weighted by Crippen LogP contribution is 2.23. The summed E-state index contributed by atoms with van der Waals surface area (Å²) < 4.78 is 0. The van der Waals surface area contributed by atoms with E-state index in [-0.39, 0.29) is 23.5 Å². The summed E-state index contributed by atoms with van der Waals surface area (Å²) in [6.07, 6.45) is -0.0828. The molecule has 1 aromatic carbocycles. The Kier molecular flexibility index (Phi) is 5.45. The molecule has 0 radical (unpaired) electrons. The van der Waals surface area contributed by atoms with Gasteiger partial charge in [0.1, 0.15) is 0 Å². The average molecular weight is 282 g/mol. The van der Waals surface area contributed by atoms with E-state index in [2.05, 4.69) is 5.32 Å². The number of nitrogens with one attached hydrogen (secondary N) is 1. The number of carboxylic acids is 1. The Bertz CT molecular complexity index is 502. The second kappa shape index (κ2) is 6.85. The van der Waals surface area contributed by atoms with E-state index in [0.29, 0.717) is 12.3 Å².